The molecule has 0 heterocycles. The van der Waals surface area contributed by atoms with Gasteiger partial charge in [0.05, 0.1) is 12.5 Å². The van der Waals surface area contributed by atoms with Gasteiger partial charge in [0, 0.05) is 11.5 Å². The summed E-state index contributed by atoms with van der Waals surface area (Å²) < 4.78 is 10.7. The molecule has 0 radical (unpaired) electrons. The van der Waals surface area contributed by atoms with E-state index in [2.05, 4.69) is 17.4 Å². The highest BCUT2D eigenvalue weighted by Crippen LogP contribution is 2.15. The fourth-order valence-corrected chi connectivity index (χ4v) is 3.55. The van der Waals surface area contributed by atoms with Crippen LogP contribution in [0.25, 0.3) is 0 Å². The molecular weight excluding hydrogens is 386 g/mol. The van der Waals surface area contributed by atoms with Gasteiger partial charge in [-0.25, -0.2) is 4.79 Å². The number of hydrogen-bond acceptors (Lipinski definition) is 5. The second-order valence-electron chi connectivity index (χ2n) is 7.69. The standard InChI is InChI=1S/C23H29NO4S/c1-23(2,3)28-22(26)24-20(17-29-16-19-12-8-5-9-13-19)14-21(25)27-15-18-10-6-4-7-11-18/h4-13,20H,14-17H2,1-3H3,(H,24,26)/t20-/m0/s1. The van der Waals surface area contributed by atoms with Crippen LogP contribution in [0.1, 0.15) is 38.3 Å². The van der Waals surface area contributed by atoms with E-state index in [4.69, 9.17) is 9.47 Å². The molecule has 0 aliphatic heterocycles. The Balaban J connectivity index is 1.87. The fourth-order valence-electron chi connectivity index (χ4n) is 2.52. The number of alkyl carbamates (subject to hydrolysis) is 1. The van der Waals surface area contributed by atoms with E-state index in [0.717, 1.165) is 11.3 Å². The lowest BCUT2D eigenvalue weighted by atomic mass is 10.2. The second-order valence-corrected chi connectivity index (χ2v) is 8.72. The average Bonchev–Trinajstić information content (AvgIpc) is 2.66. The molecule has 0 saturated heterocycles. The molecule has 156 valence electrons. The zero-order chi connectivity index (χ0) is 21.1. The van der Waals surface area contributed by atoms with Crippen LogP contribution >= 0.6 is 11.8 Å². The molecule has 5 nitrogen and oxygen atoms in total. The molecular formula is C23H29NO4S. The minimum absolute atomic E-state index is 0.0911. The van der Waals surface area contributed by atoms with Crippen LogP contribution in [0.3, 0.4) is 0 Å². The lowest BCUT2D eigenvalue weighted by Crippen LogP contribution is -2.41. The molecule has 0 saturated carbocycles. The van der Waals surface area contributed by atoms with Gasteiger partial charge in [-0.05, 0) is 31.9 Å². The number of esters is 1. The summed E-state index contributed by atoms with van der Waals surface area (Å²) in [5.41, 5.74) is 1.52. The van der Waals surface area contributed by atoms with Crippen LogP contribution in [-0.2, 0) is 26.6 Å². The van der Waals surface area contributed by atoms with Crippen LogP contribution in [-0.4, -0.2) is 29.5 Å². The van der Waals surface area contributed by atoms with Crippen molar-refractivity contribution in [3.05, 3.63) is 71.8 Å². The first-order valence-corrected chi connectivity index (χ1v) is 10.8. The number of rotatable bonds is 9. The third-order valence-corrected chi connectivity index (χ3v) is 4.98. The first-order chi connectivity index (χ1) is 13.8. The number of ether oxygens (including phenoxy) is 2. The van der Waals surface area contributed by atoms with Crippen molar-refractivity contribution in [2.45, 2.75) is 51.2 Å². The molecule has 6 heteroatoms. The molecule has 0 bridgehead atoms. The molecule has 0 aliphatic rings. The van der Waals surface area contributed by atoms with Crippen LogP contribution in [0.4, 0.5) is 4.79 Å². The molecule has 1 N–H and O–H groups in total. The summed E-state index contributed by atoms with van der Waals surface area (Å²) in [5, 5.41) is 2.81. The van der Waals surface area contributed by atoms with Gasteiger partial charge in [0.25, 0.3) is 0 Å². The van der Waals surface area contributed by atoms with Crippen LogP contribution in [0.2, 0.25) is 0 Å². The highest BCUT2D eigenvalue weighted by atomic mass is 32.2. The van der Waals surface area contributed by atoms with E-state index in [1.807, 2.05) is 48.5 Å². The van der Waals surface area contributed by atoms with Crippen LogP contribution in [0, 0.1) is 0 Å². The van der Waals surface area contributed by atoms with Gasteiger partial charge >= 0.3 is 12.1 Å². The van der Waals surface area contributed by atoms with Gasteiger partial charge in [-0.15, -0.1) is 0 Å². The average molecular weight is 416 g/mol. The third-order valence-electron chi connectivity index (χ3n) is 3.81. The Bertz CT molecular complexity index is 759. The monoisotopic (exact) mass is 415 g/mol. The minimum atomic E-state index is -0.598. The van der Waals surface area contributed by atoms with Gasteiger partial charge in [-0.2, -0.15) is 11.8 Å². The van der Waals surface area contributed by atoms with Crippen molar-refractivity contribution < 1.29 is 19.1 Å². The summed E-state index contributed by atoms with van der Waals surface area (Å²) in [5.74, 6) is 1.02. The predicted molar refractivity (Wildman–Crippen MR) is 117 cm³/mol. The molecule has 0 spiro atoms. The number of thioether (sulfide) groups is 1. The summed E-state index contributed by atoms with van der Waals surface area (Å²) in [7, 11) is 0. The van der Waals surface area contributed by atoms with E-state index in [0.29, 0.717) is 5.75 Å². The predicted octanol–water partition coefficient (Wildman–Crippen LogP) is 4.95. The zero-order valence-corrected chi connectivity index (χ0v) is 18.0. The summed E-state index contributed by atoms with van der Waals surface area (Å²) in [4.78, 5) is 24.5. The lowest BCUT2D eigenvalue weighted by Gasteiger charge is -2.23. The Morgan fingerprint density at radius 2 is 1.55 bits per heavy atom. The molecule has 29 heavy (non-hydrogen) atoms. The topological polar surface area (TPSA) is 64.6 Å². The van der Waals surface area contributed by atoms with Crippen molar-refractivity contribution in [2.24, 2.45) is 0 Å². The van der Waals surface area contributed by atoms with Gasteiger partial charge in [0.1, 0.15) is 12.2 Å². The Morgan fingerprint density at radius 1 is 0.966 bits per heavy atom. The van der Waals surface area contributed by atoms with Crippen LogP contribution < -0.4 is 5.32 Å². The minimum Gasteiger partial charge on any atom is -0.461 e. The van der Waals surface area contributed by atoms with Crippen molar-refractivity contribution in [1.29, 1.82) is 0 Å². The third kappa shape index (κ3) is 10.0. The van der Waals surface area contributed by atoms with Gasteiger partial charge in [-0.1, -0.05) is 60.7 Å². The van der Waals surface area contributed by atoms with Crippen molar-refractivity contribution in [1.82, 2.24) is 5.32 Å². The quantitative estimate of drug-likeness (QED) is 0.587. The molecule has 0 unspecified atom stereocenters. The molecule has 2 rings (SSSR count). The van der Waals surface area contributed by atoms with E-state index in [1.165, 1.54) is 5.56 Å². The fraction of sp³-hybridized carbons (Fsp3) is 0.391. The van der Waals surface area contributed by atoms with Gasteiger partial charge < -0.3 is 14.8 Å². The lowest BCUT2D eigenvalue weighted by molar-refractivity contribution is -0.145. The van der Waals surface area contributed by atoms with Crippen molar-refractivity contribution in [3.63, 3.8) is 0 Å². The first-order valence-electron chi connectivity index (χ1n) is 9.62. The summed E-state index contributed by atoms with van der Waals surface area (Å²) in [6.45, 7) is 5.63. The molecule has 0 fully saturated rings. The van der Waals surface area contributed by atoms with E-state index in [-0.39, 0.29) is 25.0 Å². The zero-order valence-electron chi connectivity index (χ0n) is 17.2. The van der Waals surface area contributed by atoms with Crippen LogP contribution in [0.5, 0.6) is 0 Å². The van der Waals surface area contributed by atoms with Gasteiger partial charge in [0.15, 0.2) is 0 Å². The number of amides is 1. The molecule has 2 aromatic rings. The maximum absolute atomic E-state index is 12.3. The molecule has 0 aromatic heterocycles. The Kier molecular flexibility index (Phi) is 9.06. The van der Waals surface area contributed by atoms with Crippen molar-refractivity contribution in [2.75, 3.05) is 5.75 Å². The molecule has 1 amide bonds. The normalized spacial score (nSPS) is 12.1. The number of nitrogens with one attached hydrogen (secondary N) is 1. The molecule has 2 aromatic carbocycles. The van der Waals surface area contributed by atoms with Crippen molar-refractivity contribution >= 4 is 23.8 Å². The summed E-state index contributed by atoms with van der Waals surface area (Å²) in [6.07, 6.45) is -0.438. The highest BCUT2D eigenvalue weighted by Gasteiger charge is 2.22. The molecule has 0 aliphatic carbocycles. The number of carbonyl (C=O) groups is 2. The smallest absolute Gasteiger partial charge is 0.407 e. The highest BCUT2D eigenvalue weighted by molar-refractivity contribution is 7.98. The van der Waals surface area contributed by atoms with E-state index >= 15 is 0 Å². The van der Waals surface area contributed by atoms with Crippen molar-refractivity contribution in [3.8, 4) is 0 Å². The van der Waals surface area contributed by atoms with Gasteiger partial charge in [0.2, 0.25) is 0 Å². The SMILES string of the molecule is CC(C)(C)OC(=O)N[C@H](CSCc1ccccc1)CC(=O)OCc1ccccc1. The molecule has 1 atom stereocenters. The Labute approximate surface area is 177 Å². The number of carbonyl (C=O) groups excluding carboxylic acids is 2. The number of benzene rings is 2. The number of hydrogen-bond donors (Lipinski definition) is 1. The first kappa shape index (κ1) is 22.8. The Morgan fingerprint density at radius 3 is 2.14 bits per heavy atom. The largest absolute Gasteiger partial charge is 0.461 e. The summed E-state index contributed by atoms with van der Waals surface area (Å²) >= 11 is 1.65. The van der Waals surface area contributed by atoms with E-state index < -0.39 is 11.7 Å². The van der Waals surface area contributed by atoms with Gasteiger partial charge in [-0.3, -0.25) is 4.79 Å². The maximum atomic E-state index is 12.3. The van der Waals surface area contributed by atoms with E-state index in [1.54, 1.807) is 32.5 Å². The summed E-state index contributed by atoms with van der Waals surface area (Å²) in [6, 6.07) is 19.2. The van der Waals surface area contributed by atoms with E-state index in [9.17, 15) is 9.59 Å². The Hall–Kier alpha value is -2.47. The maximum Gasteiger partial charge on any atom is 0.407 e. The van der Waals surface area contributed by atoms with Crippen LogP contribution in [0.15, 0.2) is 60.7 Å². The second kappa shape index (κ2) is 11.5.